The standard InChI is InChI=1S/C17H27ClN2/c1-12(2)14-6-8-20(9-7-14)17-11-16(18)5-4-15(17)10-13(3)19/h4-5,11-14H,6-10,19H2,1-3H3. The van der Waals surface area contributed by atoms with Crippen molar-refractivity contribution < 1.29 is 0 Å². The summed E-state index contributed by atoms with van der Waals surface area (Å²) in [6.07, 6.45) is 3.47. The zero-order chi connectivity index (χ0) is 14.7. The second-order valence-corrected chi connectivity index (χ2v) is 6.96. The van der Waals surface area contributed by atoms with Crippen molar-refractivity contribution in [2.75, 3.05) is 18.0 Å². The van der Waals surface area contributed by atoms with Crippen LogP contribution in [0.2, 0.25) is 5.02 Å². The van der Waals surface area contributed by atoms with Crippen molar-refractivity contribution in [3.05, 3.63) is 28.8 Å². The lowest BCUT2D eigenvalue weighted by atomic mass is 9.86. The minimum Gasteiger partial charge on any atom is -0.371 e. The van der Waals surface area contributed by atoms with E-state index in [1.54, 1.807) is 0 Å². The Morgan fingerprint density at radius 2 is 1.90 bits per heavy atom. The number of halogens is 1. The van der Waals surface area contributed by atoms with Gasteiger partial charge >= 0.3 is 0 Å². The van der Waals surface area contributed by atoms with Crippen LogP contribution < -0.4 is 10.6 Å². The Labute approximate surface area is 128 Å². The maximum atomic E-state index is 6.19. The van der Waals surface area contributed by atoms with Crippen LogP contribution in [0.1, 0.15) is 39.2 Å². The van der Waals surface area contributed by atoms with Gasteiger partial charge in [-0.2, -0.15) is 0 Å². The minimum atomic E-state index is 0.183. The molecule has 1 fully saturated rings. The quantitative estimate of drug-likeness (QED) is 0.906. The lowest BCUT2D eigenvalue weighted by Gasteiger charge is -2.36. The molecule has 1 aromatic rings. The summed E-state index contributed by atoms with van der Waals surface area (Å²) in [5, 5.41) is 0.819. The third-order valence-electron chi connectivity index (χ3n) is 4.41. The molecule has 0 amide bonds. The van der Waals surface area contributed by atoms with Crippen molar-refractivity contribution in [1.29, 1.82) is 0 Å². The highest BCUT2D eigenvalue weighted by Gasteiger charge is 2.23. The Morgan fingerprint density at radius 3 is 2.45 bits per heavy atom. The van der Waals surface area contributed by atoms with E-state index < -0.39 is 0 Å². The van der Waals surface area contributed by atoms with Gasteiger partial charge < -0.3 is 10.6 Å². The number of benzene rings is 1. The van der Waals surface area contributed by atoms with Crippen LogP contribution in [0.3, 0.4) is 0 Å². The molecule has 2 nitrogen and oxygen atoms in total. The maximum absolute atomic E-state index is 6.19. The first-order chi connectivity index (χ1) is 9.47. The lowest BCUT2D eigenvalue weighted by Crippen LogP contribution is -2.36. The van der Waals surface area contributed by atoms with Crippen molar-refractivity contribution in [2.24, 2.45) is 17.6 Å². The molecular formula is C17H27ClN2. The van der Waals surface area contributed by atoms with Gasteiger partial charge in [0.25, 0.3) is 0 Å². The summed E-state index contributed by atoms with van der Waals surface area (Å²) in [7, 11) is 0. The molecule has 1 aromatic carbocycles. The van der Waals surface area contributed by atoms with Gasteiger partial charge in [-0.1, -0.05) is 31.5 Å². The number of anilines is 1. The SMILES string of the molecule is CC(N)Cc1ccc(Cl)cc1N1CCC(C(C)C)CC1. The van der Waals surface area contributed by atoms with Gasteiger partial charge in [-0.3, -0.25) is 0 Å². The van der Waals surface area contributed by atoms with Gasteiger partial charge in [0.2, 0.25) is 0 Å². The number of piperidine rings is 1. The molecule has 0 aliphatic carbocycles. The van der Waals surface area contributed by atoms with Crippen LogP contribution in [-0.2, 0) is 6.42 Å². The first-order valence-corrected chi connectivity index (χ1v) is 8.14. The second-order valence-electron chi connectivity index (χ2n) is 6.52. The van der Waals surface area contributed by atoms with Crippen LogP contribution in [0, 0.1) is 11.8 Å². The topological polar surface area (TPSA) is 29.3 Å². The van der Waals surface area contributed by atoms with Crippen molar-refractivity contribution in [1.82, 2.24) is 0 Å². The van der Waals surface area contributed by atoms with Crippen molar-refractivity contribution in [2.45, 2.75) is 46.1 Å². The van der Waals surface area contributed by atoms with E-state index in [1.807, 2.05) is 6.07 Å². The van der Waals surface area contributed by atoms with Gasteiger partial charge in [-0.15, -0.1) is 0 Å². The van der Waals surface area contributed by atoms with E-state index >= 15 is 0 Å². The fraction of sp³-hybridized carbons (Fsp3) is 0.647. The molecule has 0 spiro atoms. The van der Waals surface area contributed by atoms with E-state index in [4.69, 9.17) is 17.3 Å². The van der Waals surface area contributed by atoms with E-state index in [1.165, 1.54) is 24.1 Å². The highest BCUT2D eigenvalue weighted by molar-refractivity contribution is 6.30. The molecule has 0 bridgehead atoms. The number of nitrogens with two attached hydrogens (primary N) is 1. The summed E-state index contributed by atoms with van der Waals surface area (Å²) < 4.78 is 0. The predicted molar refractivity (Wildman–Crippen MR) is 88.6 cm³/mol. The fourth-order valence-corrected chi connectivity index (χ4v) is 3.32. The van der Waals surface area contributed by atoms with E-state index in [0.717, 1.165) is 36.4 Å². The molecule has 1 atom stereocenters. The van der Waals surface area contributed by atoms with Crippen LogP contribution in [0.5, 0.6) is 0 Å². The molecule has 1 unspecified atom stereocenters. The summed E-state index contributed by atoms with van der Waals surface area (Å²) in [5.74, 6) is 1.65. The molecule has 1 aliphatic rings. The van der Waals surface area contributed by atoms with Gasteiger partial charge in [-0.05, 0) is 55.7 Å². The molecule has 0 aromatic heterocycles. The molecule has 1 saturated heterocycles. The van der Waals surface area contributed by atoms with Crippen molar-refractivity contribution >= 4 is 17.3 Å². The van der Waals surface area contributed by atoms with Gasteiger partial charge in [0, 0.05) is 29.8 Å². The van der Waals surface area contributed by atoms with Crippen LogP contribution in [-0.4, -0.2) is 19.1 Å². The average molecular weight is 295 g/mol. The fourth-order valence-electron chi connectivity index (χ4n) is 3.16. The smallest absolute Gasteiger partial charge is 0.0426 e. The third kappa shape index (κ3) is 3.89. The Hall–Kier alpha value is -0.730. The summed E-state index contributed by atoms with van der Waals surface area (Å²) in [6.45, 7) is 9.00. The average Bonchev–Trinajstić information content (AvgIpc) is 2.40. The number of rotatable bonds is 4. The zero-order valence-corrected chi connectivity index (χ0v) is 13.7. The summed E-state index contributed by atoms with van der Waals surface area (Å²) in [6, 6.07) is 6.40. The molecule has 1 aliphatic heterocycles. The second kappa shape index (κ2) is 6.82. The van der Waals surface area contributed by atoms with Gasteiger partial charge in [-0.25, -0.2) is 0 Å². The highest BCUT2D eigenvalue weighted by Crippen LogP contribution is 2.31. The molecule has 2 rings (SSSR count). The third-order valence-corrected chi connectivity index (χ3v) is 4.65. The Bertz CT molecular complexity index is 435. The van der Waals surface area contributed by atoms with Crippen LogP contribution in [0.25, 0.3) is 0 Å². The van der Waals surface area contributed by atoms with Gasteiger partial charge in [0.1, 0.15) is 0 Å². The van der Waals surface area contributed by atoms with Crippen LogP contribution in [0.4, 0.5) is 5.69 Å². The van der Waals surface area contributed by atoms with Gasteiger partial charge in [0.15, 0.2) is 0 Å². The van der Waals surface area contributed by atoms with Crippen molar-refractivity contribution in [3.63, 3.8) is 0 Å². The summed E-state index contributed by atoms with van der Waals surface area (Å²) in [4.78, 5) is 2.49. The largest absolute Gasteiger partial charge is 0.371 e. The Balaban J connectivity index is 2.14. The molecule has 0 saturated carbocycles. The van der Waals surface area contributed by atoms with E-state index in [-0.39, 0.29) is 6.04 Å². The number of hydrogen-bond acceptors (Lipinski definition) is 2. The molecule has 1 heterocycles. The number of hydrogen-bond donors (Lipinski definition) is 1. The molecule has 0 radical (unpaired) electrons. The minimum absolute atomic E-state index is 0.183. The Morgan fingerprint density at radius 1 is 1.25 bits per heavy atom. The van der Waals surface area contributed by atoms with Crippen molar-refractivity contribution in [3.8, 4) is 0 Å². The maximum Gasteiger partial charge on any atom is 0.0426 e. The van der Waals surface area contributed by atoms with E-state index in [9.17, 15) is 0 Å². The normalized spacial score (nSPS) is 18.6. The monoisotopic (exact) mass is 294 g/mol. The van der Waals surface area contributed by atoms with Gasteiger partial charge in [0.05, 0.1) is 0 Å². The predicted octanol–water partition coefficient (Wildman–Crippen LogP) is 4.10. The molecule has 20 heavy (non-hydrogen) atoms. The molecule has 2 N–H and O–H groups in total. The molecule has 3 heteroatoms. The van der Waals surface area contributed by atoms with Crippen LogP contribution >= 0.6 is 11.6 Å². The lowest BCUT2D eigenvalue weighted by molar-refractivity contribution is 0.311. The first-order valence-electron chi connectivity index (χ1n) is 7.76. The highest BCUT2D eigenvalue weighted by atomic mass is 35.5. The van der Waals surface area contributed by atoms with Crippen LogP contribution in [0.15, 0.2) is 18.2 Å². The summed E-state index contributed by atoms with van der Waals surface area (Å²) in [5.41, 5.74) is 8.59. The Kier molecular flexibility index (Phi) is 5.34. The number of nitrogens with zero attached hydrogens (tertiary/aromatic N) is 1. The summed E-state index contributed by atoms with van der Waals surface area (Å²) >= 11 is 6.19. The zero-order valence-electron chi connectivity index (χ0n) is 12.9. The van der Waals surface area contributed by atoms with E-state index in [0.29, 0.717) is 0 Å². The molecule has 112 valence electrons. The molecular weight excluding hydrogens is 268 g/mol. The first kappa shape index (κ1) is 15.7. The van der Waals surface area contributed by atoms with E-state index in [2.05, 4.69) is 37.8 Å².